The van der Waals surface area contributed by atoms with Crippen molar-refractivity contribution in [2.45, 2.75) is 25.8 Å². The van der Waals surface area contributed by atoms with Crippen LogP contribution in [0.25, 0.3) is 0 Å². The minimum absolute atomic E-state index is 0.0112. The highest BCUT2D eigenvalue weighted by Gasteiger charge is 2.12. The van der Waals surface area contributed by atoms with E-state index >= 15 is 0 Å². The summed E-state index contributed by atoms with van der Waals surface area (Å²) in [5, 5.41) is 0. The number of nitrogens with two attached hydrogens (primary N) is 1. The molecule has 1 aromatic rings. The van der Waals surface area contributed by atoms with Gasteiger partial charge in [0, 0.05) is 13.2 Å². The molecular formula is C15H24FNO3. The molecule has 0 radical (unpaired) electrons. The molecule has 0 saturated heterocycles. The van der Waals surface area contributed by atoms with E-state index in [1.54, 1.807) is 13.2 Å². The summed E-state index contributed by atoms with van der Waals surface area (Å²) in [7, 11) is 1.61. The van der Waals surface area contributed by atoms with Crippen LogP contribution in [-0.4, -0.2) is 39.6 Å². The Labute approximate surface area is 120 Å². The maximum atomic E-state index is 13.8. The molecule has 0 fully saturated rings. The minimum atomic E-state index is -0.359. The fourth-order valence-electron chi connectivity index (χ4n) is 1.75. The Morgan fingerprint density at radius 3 is 2.65 bits per heavy atom. The first kappa shape index (κ1) is 16.9. The Bertz CT molecular complexity index is 387. The van der Waals surface area contributed by atoms with Gasteiger partial charge in [-0.2, -0.15) is 0 Å². The minimum Gasteiger partial charge on any atom is -0.488 e. The molecule has 2 N–H and O–H groups in total. The van der Waals surface area contributed by atoms with Gasteiger partial charge >= 0.3 is 0 Å². The second kappa shape index (κ2) is 9.69. The van der Waals surface area contributed by atoms with Crippen LogP contribution in [0.5, 0.6) is 5.75 Å². The molecule has 0 heterocycles. The van der Waals surface area contributed by atoms with Crippen LogP contribution in [0, 0.1) is 5.82 Å². The normalized spacial score (nSPS) is 12.4. The summed E-state index contributed by atoms with van der Waals surface area (Å²) in [6.45, 7) is 3.76. The predicted octanol–water partition coefficient (Wildman–Crippen LogP) is 2.15. The van der Waals surface area contributed by atoms with Crippen molar-refractivity contribution in [2.24, 2.45) is 5.73 Å². The quantitative estimate of drug-likeness (QED) is 0.669. The zero-order chi connectivity index (χ0) is 14.8. The summed E-state index contributed by atoms with van der Waals surface area (Å²) >= 11 is 0. The number of methoxy groups -OCH3 is 1. The Balaban J connectivity index is 2.50. The second-order valence-corrected chi connectivity index (χ2v) is 4.55. The van der Waals surface area contributed by atoms with Crippen molar-refractivity contribution in [2.75, 3.05) is 33.5 Å². The topological polar surface area (TPSA) is 53.7 Å². The SMILES string of the molecule is CCC(N)Cc1cccc(F)c1OCCOCCOC. The average Bonchev–Trinajstić information content (AvgIpc) is 2.45. The van der Waals surface area contributed by atoms with Gasteiger partial charge in [0.05, 0.1) is 19.8 Å². The van der Waals surface area contributed by atoms with Gasteiger partial charge in [-0.3, -0.25) is 0 Å². The van der Waals surface area contributed by atoms with Gasteiger partial charge in [-0.25, -0.2) is 4.39 Å². The van der Waals surface area contributed by atoms with E-state index in [-0.39, 0.29) is 17.6 Å². The molecule has 114 valence electrons. The second-order valence-electron chi connectivity index (χ2n) is 4.55. The molecule has 1 unspecified atom stereocenters. The van der Waals surface area contributed by atoms with Crippen molar-refractivity contribution in [3.8, 4) is 5.75 Å². The Kier molecular flexibility index (Phi) is 8.18. The van der Waals surface area contributed by atoms with Crippen molar-refractivity contribution in [1.82, 2.24) is 0 Å². The van der Waals surface area contributed by atoms with Crippen molar-refractivity contribution in [3.63, 3.8) is 0 Å². The molecule has 0 saturated carbocycles. The Morgan fingerprint density at radius 1 is 1.20 bits per heavy atom. The maximum absolute atomic E-state index is 13.8. The summed E-state index contributed by atoms with van der Waals surface area (Å²) in [6, 6.07) is 4.92. The van der Waals surface area contributed by atoms with Crippen LogP contribution in [-0.2, 0) is 15.9 Å². The lowest BCUT2D eigenvalue weighted by Crippen LogP contribution is -2.22. The van der Waals surface area contributed by atoms with Crippen LogP contribution < -0.4 is 10.5 Å². The first-order valence-electron chi connectivity index (χ1n) is 6.91. The number of halogens is 1. The number of ether oxygens (including phenoxy) is 3. The number of benzene rings is 1. The maximum Gasteiger partial charge on any atom is 0.165 e. The van der Waals surface area contributed by atoms with Gasteiger partial charge < -0.3 is 19.9 Å². The first-order valence-corrected chi connectivity index (χ1v) is 6.91. The predicted molar refractivity (Wildman–Crippen MR) is 76.6 cm³/mol. The van der Waals surface area contributed by atoms with Crippen molar-refractivity contribution in [1.29, 1.82) is 0 Å². The number of hydrogen-bond acceptors (Lipinski definition) is 4. The molecule has 1 rings (SSSR count). The molecular weight excluding hydrogens is 261 g/mol. The molecule has 4 nitrogen and oxygen atoms in total. The molecule has 5 heteroatoms. The number of rotatable bonds is 10. The summed E-state index contributed by atoms with van der Waals surface area (Å²) in [4.78, 5) is 0. The largest absolute Gasteiger partial charge is 0.488 e. The highest BCUT2D eigenvalue weighted by molar-refractivity contribution is 5.35. The molecule has 0 aromatic heterocycles. The van der Waals surface area contributed by atoms with E-state index in [0.29, 0.717) is 32.8 Å². The lowest BCUT2D eigenvalue weighted by atomic mass is 10.0. The van der Waals surface area contributed by atoms with E-state index < -0.39 is 0 Å². The van der Waals surface area contributed by atoms with Gasteiger partial charge in [0.15, 0.2) is 11.6 Å². The molecule has 1 aromatic carbocycles. The fourth-order valence-corrected chi connectivity index (χ4v) is 1.75. The number of para-hydroxylation sites is 1. The summed E-state index contributed by atoms with van der Waals surface area (Å²) in [6.07, 6.45) is 1.45. The van der Waals surface area contributed by atoms with Crippen molar-refractivity contribution < 1.29 is 18.6 Å². The molecule has 1 atom stereocenters. The van der Waals surface area contributed by atoms with E-state index in [2.05, 4.69) is 0 Å². The highest BCUT2D eigenvalue weighted by atomic mass is 19.1. The van der Waals surface area contributed by atoms with Gasteiger partial charge in [-0.1, -0.05) is 19.1 Å². The van der Waals surface area contributed by atoms with Crippen LogP contribution in [0.15, 0.2) is 18.2 Å². The lowest BCUT2D eigenvalue weighted by Gasteiger charge is -2.15. The van der Waals surface area contributed by atoms with E-state index in [0.717, 1.165) is 12.0 Å². The monoisotopic (exact) mass is 285 g/mol. The van der Waals surface area contributed by atoms with Crippen LogP contribution in [0.1, 0.15) is 18.9 Å². The molecule has 0 bridgehead atoms. The fraction of sp³-hybridized carbons (Fsp3) is 0.600. The van der Waals surface area contributed by atoms with E-state index in [1.807, 2.05) is 13.0 Å². The van der Waals surface area contributed by atoms with Gasteiger partial charge in [0.1, 0.15) is 6.61 Å². The zero-order valence-corrected chi connectivity index (χ0v) is 12.2. The van der Waals surface area contributed by atoms with Gasteiger partial charge in [-0.15, -0.1) is 0 Å². The molecule has 0 aliphatic heterocycles. The third-order valence-electron chi connectivity index (χ3n) is 2.96. The summed E-state index contributed by atoms with van der Waals surface area (Å²) in [5.74, 6) is -0.0746. The number of hydrogen-bond donors (Lipinski definition) is 1. The summed E-state index contributed by atoms with van der Waals surface area (Å²) < 4.78 is 29.4. The first-order chi connectivity index (χ1) is 9.69. The van der Waals surface area contributed by atoms with Gasteiger partial charge in [-0.05, 0) is 24.5 Å². The Morgan fingerprint density at radius 2 is 1.95 bits per heavy atom. The smallest absolute Gasteiger partial charge is 0.165 e. The van der Waals surface area contributed by atoms with Crippen molar-refractivity contribution in [3.05, 3.63) is 29.6 Å². The molecule has 0 amide bonds. The van der Waals surface area contributed by atoms with Gasteiger partial charge in [0.2, 0.25) is 0 Å². The van der Waals surface area contributed by atoms with Crippen molar-refractivity contribution >= 4 is 0 Å². The summed E-state index contributed by atoms with van der Waals surface area (Å²) in [5.41, 5.74) is 6.72. The average molecular weight is 285 g/mol. The third kappa shape index (κ3) is 5.86. The molecule has 0 aliphatic carbocycles. The van der Waals surface area contributed by atoms with E-state index in [9.17, 15) is 4.39 Å². The van der Waals surface area contributed by atoms with Crippen LogP contribution in [0.4, 0.5) is 4.39 Å². The lowest BCUT2D eigenvalue weighted by molar-refractivity contribution is 0.0536. The Hall–Kier alpha value is -1.17. The van der Waals surface area contributed by atoms with Gasteiger partial charge in [0.25, 0.3) is 0 Å². The highest BCUT2D eigenvalue weighted by Crippen LogP contribution is 2.24. The molecule has 0 aliphatic rings. The van der Waals surface area contributed by atoms with Crippen LogP contribution in [0.2, 0.25) is 0 Å². The zero-order valence-electron chi connectivity index (χ0n) is 12.2. The van der Waals surface area contributed by atoms with E-state index in [1.165, 1.54) is 6.07 Å². The molecule has 0 spiro atoms. The molecule has 20 heavy (non-hydrogen) atoms. The standard InChI is InChI=1S/C15H24FNO3/c1-3-13(17)11-12-5-4-6-14(16)15(12)20-10-9-19-8-7-18-2/h4-6,13H,3,7-11,17H2,1-2H3. The van der Waals surface area contributed by atoms with Crippen LogP contribution in [0.3, 0.4) is 0 Å². The van der Waals surface area contributed by atoms with Crippen LogP contribution >= 0.6 is 0 Å². The van der Waals surface area contributed by atoms with E-state index in [4.69, 9.17) is 19.9 Å². The third-order valence-corrected chi connectivity index (χ3v) is 2.96.